The van der Waals surface area contributed by atoms with Crippen LogP contribution in [0.25, 0.3) is 0 Å². The maximum Gasteiger partial charge on any atom is 0.191 e. The summed E-state index contributed by atoms with van der Waals surface area (Å²) < 4.78 is 11.6. The van der Waals surface area contributed by atoms with Gasteiger partial charge in [-0.25, -0.2) is 0 Å². The van der Waals surface area contributed by atoms with Gasteiger partial charge in [0.2, 0.25) is 0 Å². The van der Waals surface area contributed by atoms with Gasteiger partial charge in [0, 0.05) is 5.69 Å². The molecule has 0 bridgehead atoms. The van der Waals surface area contributed by atoms with Gasteiger partial charge in [-0.1, -0.05) is 44.4 Å². The van der Waals surface area contributed by atoms with E-state index in [-0.39, 0.29) is 0 Å². The second kappa shape index (κ2) is 12.7. The quantitative estimate of drug-likeness (QED) is 0.230. The lowest BCUT2D eigenvalue weighted by atomic mass is 10.2. The van der Waals surface area contributed by atoms with E-state index in [0.29, 0.717) is 18.3 Å². The van der Waals surface area contributed by atoms with E-state index in [1.165, 1.54) is 19.3 Å². The Balaban J connectivity index is 1.89. The van der Waals surface area contributed by atoms with Crippen LogP contribution in [0, 0.1) is 0 Å². The molecule has 0 saturated heterocycles. The number of anilines is 1. The fraction of sp³-hybridized carbons (Fsp3) is 0.364. The SMILES string of the molecule is CCCCCCOc1ccc(/C=N/NC(=S)Nc2ccccc2)cc1OCC. The number of hydrogen-bond acceptors (Lipinski definition) is 4. The molecule has 0 amide bonds. The van der Waals surface area contributed by atoms with Gasteiger partial charge in [0.25, 0.3) is 0 Å². The molecular formula is C22H29N3O2S. The summed E-state index contributed by atoms with van der Waals surface area (Å²) >= 11 is 5.24. The monoisotopic (exact) mass is 399 g/mol. The molecule has 2 rings (SSSR count). The van der Waals surface area contributed by atoms with Gasteiger partial charge in [-0.05, 0) is 61.5 Å². The summed E-state index contributed by atoms with van der Waals surface area (Å²) in [6.45, 7) is 5.44. The third kappa shape index (κ3) is 7.96. The van der Waals surface area contributed by atoms with Crippen molar-refractivity contribution in [3.05, 3.63) is 54.1 Å². The number of nitrogens with one attached hydrogen (secondary N) is 2. The molecule has 2 aromatic carbocycles. The molecule has 5 nitrogen and oxygen atoms in total. The zero-order valence-electron chi connectivity index (χ0n) is 16.6. The first-order valence-electron chi connectivity index (χ1n) is 9.77. The smallest absolute Gasteiger partial charge is 0.191 e. The minimum Gasteiger partial charge on any atom is -0.490 e. The number of para-hydroxylation sites is 1. The van der Waals surface area contributed by atoms with Crippen molar-refractivity contribution in [3.8, 4) is 11.5 Å². The lowest BCUT2D eigenvalue weighted by Gasteiger charge is -2.12. The molecule has 0 aliphatic carbocycles. The Morgan fingerprint density at radius 3 is 2.57 bits per heavy atom. The van der Waals surface area contributed by atoms with E-state index in [1.54, 1.807) is 6.21 Å². The zero-order chi connectivity index (χ0) is 20.0. The second-order valence-electron chi connectivity index (χ2n) is 6.24. The van der Waals surface area contributed by atoms with E-state index in [1.807, 2.05) is 55.5 Å². The number of thiocarbonyl (C=S) groups is 1. The molecular weight excluding hydrogens is 370 g/mol. The van der Waals surface area contributed by atoms with Crippen LogP contribution in [-0.4, -0.2) is 24.5 Å². The summed E-state index contributed by atoms with van der Waals surface area (Å²) in [5.41, 5.74) is 4.63. The number of hydrazone groups is 1. The molecule has 0 atom stereocenters. The molecule has 0 spiro atoms. The molecule has 0 aliphatic rings. The number of nitrogens with zero attached hydrogens (tertiary/aromatic N) is 1. The number of unbranched alkanes of at least 4 members (excludes halogenated alkanes) is 3. The normalized spacial score (nSPS) is 10.6. The minimum atomic E-state index is 0.430. The average Bonchev–Trinajstić information content (AvgIpc) is 2.70. The number of benzene rings is 2. The van der Waals surface area contributed by atoms with Gasteiger partial charge >= 0.3 is 0 Å². The molecule has 150 valence electrons. The first kappa shape index (κ1) is 21.7. The van der Waals surface area contributed by atoms with Gasteiger partial charge in [0.05, 0.1) is 19.4 Å². The van der Waals surface area contributed by atoms with Crippen molar-refractivity contribution in [3.63, 3.8) is 0 Å². The van der Waals surface area contributed by atoms with Crippen LogP contribution < -0.4 is 20.2 Å². The zero-order valence-corrected chi connectivity index (χ0v) is 17.4. The van der Waals surface area contributed by atoms with Crippen LogP contribution in [0.5, 0.6) is 11.5 Å². The highest BCUT2D eigenvalue weighted by molar-refractivity contribution is 7.80. The largest absolute Gasteiger partial charge is 0.490 e. The standard InChI is InChI=1S/C22H29N3O2S/c1-3-5-6-10-15-27-20-14-13-18(16-21(20)26-4-2)17-23-25-22(28)24-19-11-8-7-9-12-19/h7-9,11-14,16-17H,3-6,10,15H2,1-2H3,(H2,24,25,28)/b23-17+. The van der Waals surface area contributed by atoms with Crippen LogP contribution >= 0.6 is 12.2 Å². The molecule has 28 heavy (non-hydrogen) atoms. The Morgan fingerprint density at radius 1 is 1.00 bits per heavy atom. The summed E-state index contributed by atoms with van der Waals surface area (Å²) in [4.78, 5) is 0. The Hall–Kier alpha value is -2.60. The highest BCUT2D eigenvalue weighted by Gasteiger charge is 2.06. The van der Waals surface area contributed by atoms with Crippen LogP contribution in [0.4, 0.5) is 5.69 Å². The van der Waals surface area contributed by atoms with Crippen LogP contribution in [0.1, 0.15) is 45.1 Å². The molecule has 0 fully saturated rings. The first-order chi connectivity index (χ1) is 13.7. The lowest BCUT2D eigenvalue weighted by molar-refractivity contribution is 0.270. The average molecular weight is 400 g/mol. The van der Waals surface area contributed by atoms with Crippen molar-refractivity contribution in [2.45, 2.75) is 39.5 Å². The van der Waals surface area contributed by atoms with Gasteiger partial charge in [-0.15, -0.1) is 0 Å². The summed E-state index contributed by atoms with van der Waals surface area (Å²) in [5.74, 6) is 1.50. The van der Waals surface area contributed by atoms with E-state index in [4.69, 9.17) is 21.7 Å². The third-order valence-electron chi connectivity index (χ3n) is 3.93. The van der Waals surface area contributed by atoms with Gasteiger partial charge in [0.1, 0.15) is 0 Å². The predicted molar refractivity (Wildman–Crippen MR) is 121 cm³/mol. The highest BCUT2D eigenvalue weighted by Crippen LogP contribution is 2.28. The van der Waals surface area contributed by atoms with Crippen molar-refractivity contribution in [1.82, 2.24) is 5.43 Å². The van der Waals surface area contributed by atoms with E-state index >= 15 is 0 Å². The van der Waals surface area contributed by atoms with E-state index < -0.39 is 0 Å². The van der Waals surface area contributed by atoms with Crippen molar-refractivity contribution < 1.29 is 9.47 Å². The Kier molecular flexibility index (Phi) is 9.86. The maximum absolute atomic E-state index is 5.88. The van der Waals surface area contributed by atoms with Crippen LogP contribution in [0.2, 0.25) is 0 Å². The van der Waals surface area contributed by atoms with Crippen molar-refractivity contribution in [1.29, 1.82) is 0 Å². The molecule has 0 heterocycles. The number of ether oxygens (including phenoxy) is 2. The highest BCUT2D eigenvalue weighted by atomic mass is 32.1. The lowest BCUT2D eigenvalue weighted by Crippen LogP contribution is -2.23. The van der Waals surface area contributed by atoms with E-state index in [9.17, 15) is 0 Å². The molecule has 0 aromatic heterocycles. The Morgan fingerprint density at radius 2 is 1.82 bits per heavy atom. The van der Waals surface area contributed by atoms with Crippen molar-refractivity contribution >= 4 is 29.2 Å². The Bertz CT molecular complexity index is 751. The minimum absolute atomic E-state index is 0.430. The van der Waals surface area contributed by atoms with Gasteiger partial charge in [-0.3, -0.25) is 5.43 Å². The van der Waals surface area contributed by atoms with Crippen LogP contribution in [0.15, 0.2) is 53.6 Å². The maximum atomic E-state index is 5.88. The molecule has 0 radical (unpaired) electrons. The fourth-order valence-corrected chi connectivity index (χ4v) is 2.72. The molecule has 0 saturated carbocycles. The Labute approximate surface area is 173 Å². The summed E-state index contributed by atoms with van der Waals surface area (Å²) in [5, 5.41) is 7.69. The second-order valence-corrected chi connectivity index (χ2v) is 6.65. The first-order valence-corrected chi connectivity index (χ1v) is 10.2. The van der Waals surface area contributed by atoms with Crippen LogP contribution in [-0.2, 0) is 0 Å². The topological polar surface area (TPSA) is 54.9 Å². The number of hydrogen-bond donors (Lipinski definition) is 2. The molecule has 0 unspecified atom stereocenters. The van der Waals surface area contributed by atoms with Crippen LogP contribution in [0.3, 0.4) is 0 Å². The molecule has 2 aromatic rings. The fourth-order valence-electron chi connectivity index (χ4n) is 2.55. The van der Waals surface area contributed by atoms with Crippen molar-refractivity contribution in [2.24, 2.45) is 5.10 Å². The summed E-state index contributed by atoms with van der Waals surface area (Å²) in [6, 6.07) is 15.5. The number of rotatable bonds is 11. The van der Waals surface area contributed by atoms with E-state index in [0.717, 1.165) is 29.2 Å². The third-order valence-corrected chi connectivity index (χ3v) is 4.13. The van der Waals surface area contributed by atoms with Gasteiger partial charge < -0.3 is 14.8 Å². The van der Waals surface area contributed by atoms with Gasteiger partial charge in [0.15, 0.2) is 16.6 Å². The van der Waals surface area contributed by atoms with Gasteiger partial charge in [-0.2, -0.15) is 5.10 Å². The molecule has 0 aliphatic heterocycles. The molecule has 2 N–H and O–H groups in total. The van der Waals surface area contributed by atoms with E-state index in [2.05, 4.69) is 22.8 Å². The van der Waals surface area contributed by atoms with Crippen molar-refractivity contribution in [2.75, 3.05) is 18.5 Å². The summed E-state index contributed by atoms with van der Waals surface area (Å²) in [6.07, 6.45) is 6.40. The summed E-state index contributed by atoms with van der Waals surface area (Å²) in [7, 11) is 0. The predicted octanol–water partition coefficient (Wildman–Crippen LogP) is 5.36. The molecule has 6 heteroatoms.